The molecule has 6 nitrogen and oxygen atoms in total. The van der Waals surface area contributed by atoms with E-state index in [2.05, 4.69) is 19.3 Å². The summed E-state index contributed by atoms with van der Waals surface area (Å²) in [6.07, 6.45) is 10.6. The van der Waals surface area contributed by atoms with Crippen molar-refractivity contribution in [3.63, 3.8) is 0 Å². The summed E-state index contributed by atoms with van der Waals surface area (Å²) >= 11 is 0. The molecule has 1 amide bonds. The normalized spacial score (nSPS) is 28.2. The Morgan fingerprint density at radius 1 is 1.11 bits per heavy atom. The number of nitrogens with one attached hydrogen (secondary N) is 1. The minimum Gasteiger partial charge on any atom is -0.296 e. The molecule has 7 heteroatoms. The number of nitrogens with zero attached hydrogens (tertiary/aromatic N) is 1. The zero-order valence-electron chi connectivity index (χ0n) is 21.5. The van der Waals surface area contributed by atoms with Crippen LogP contribution >= 0.6 is 0 Å². The van der Waals surface area contributed by atoms with Crippen LogP contribution in [-0.4, -0.2) is 36.5 Å². The summed E-state index contributed by atoms with van der Waals surface area (Å²) in [6, 6.07) is 18.6. The van der Waals surface area contributed by atoms with Crippen LogP contribution in [0.4, 0.5) is 0 Å². The highest BCUT2D eigenvalue weighted by Crippen LogP contribution is 2.70. The molecule has 2 aromatic rings. The lowest BCUT2D eigenvalue weighted by atomic mass is 9.69. The number of hydrogen-bond donors (Lipinski definition) is 1. The summed E-state index contributed by atoms with van der Waals surface area (Å²) < 4.78 is 28.1. The molecule has 2 saturated carbocycles. The minimum absolute atomic E-state index is 0.0627. The van der Waals surface area contributed by atoms with Crippen molar-refractivity contribution in [3.05, 3.63) is 90.0 Å². The number of hydrogen-bond acceptors (Lipinski definition) is 5. The van der Waals surface area contributed by atoms with E-state index in [-0.39, 0.29) is 29.2 Å². The van der Waals surface area contributed by atoms with Crippen molar-refractivity contribution < 1.29 is 18.0 Å². The number of fused-ring (bicyclic) bond motifs is 1. The van der Waals surface area contributed by atoms with Crippen LogP contribution in [0.15, 0.2) is 78.9 Å². The smallest absolute Gasteiger partial charge is 0.256 e. The van der Waals surface area contributed by atoms with Crippen molar-refractivity contribution in [1.29, 1.82) is 0 Å². The van der Waals surface area contributed by atoms with Gasteiger partial charge in [-0.2, -0.15) is 5.48 Å². The van der Waals surface area contributed by atoms with E-state index in [1.807, 2.05) is 85.0 Å². The van der Waals surface area contributed by atoms with E-state index in [9.17, 15) is 13.2 Å². The monoisotopic (exact) mass is 520 g/mol. The molecule has 196 valence electrons. The fourth-order valence-corrected chi connectivity index (χ4v) is 9.33. The Labute approximate surface area is 220 Å². The topological polar surface area (TPSA) is 75.7 Å². The van der Waals surface area contributed by atoms with Gasteiger partial charge in [-0.05, 0) is 48.1 Å². The number of allylic oxidation sites excluding steroid dienone is 2. The highest BCUT2D eigenvalue weighted by atomic mass is 32.2. The van der Waals surface area contributed by atoms with E-state index in [1.54, 1.807) is 0 Å². The predicted molar refractivity (Wildman–Crippen MR) is 145 cm³/mol. The number of carbonyl (C=O) groups is 1. The van der Waals surface area contributed by atoms with Gasteiger partial charge in [0.05, 0.1) is 18.4 Å². The second-order valence-corrected chi connectivity index (χ2v) is 13.0. The van der Waals surface area contributed by atoms with Crippen molar-refractivity contribution in [3.8, 4) is 0 Å². The molecule has 0 unspecified atom stereocenters. The largest absolute Gasteiger partial charge is 0.296 e. The Morgan fingerprint density at radius 3 is 2.51 bits per heavy atom. The Hall–Kier alpha value is -2.74. The fourth-order valence-electron chi connectivity index (χ4n) is 6.76. The summed E-state index contributed by atoms with van der Waals surface area (Å²) in [5, 5.41) is 0. The average Bonchev–Trinajstić information content (AvgIpc) is 3.36. The van der Waals surface area contributed by atoms with Gasteiger partial charge in [0, 0.05) is 5.41 Å². The van der Waals surface area contributed by atoms with Crippen LogP contribution in [-0.2, 0) is 26.3 Å². The summed E-state index contributed by atoms with van der Waals surface area (Å²) in [7, 11) is -3.70. The van der Waals surface area contributed by atoms with E-state index in [0.717, 1.165) is 30.4 Å². The van der Waals surface area contributed by atoms with Gasteiger partial charge >= 0.3 is 0 Å². The maximum absolute atomic E-state index is 13.9. The molecule has 1 N–H and O–H groups in total. The van der Waals surface area contributed by atoms with Crippen LogP contribution < -0.4 is 5.48 Å². The van der Waals surface area contributed by atoms with Crippen LogP contribution in [0.1, 0.15) is 50.7 Å². The molecule has 1 aliphatic heterocycles. The zero-order valence-corrected chi connectivity index (χ0v) is 22.4. The standard InChI is InChI=1S/C30H36N2O4S/c1-29(2)25-18-19-30(29)22-37(34,35)32(27(30)20-25)28(33)26(31-36-21-24-15-9-4-10-16-24)17-11-5-8-14-23-12-6-3-7-13-23/h3-16,25-27,31H,17-22H2,1-2H3/b11-5+,14-8+/t25-,26+,27-,30-/m1/s1. The Kier molecular flexibility index (Phi) is 7.14. The van der Waals surface area contributed by atoms with E-state index in [1.165, 1.54) is 4.31 Å². The SMILES string of the molecule is CC1(C)[C@@H]2CC[C@]13CS(=O)(=O)N(C(=O)[C@H](C/C=C/C=C/c1ccccc1)NOCc1ccccc1)[C@@H]3C2. The van der Waals surface area contributed by atoms with Crippen molar-refractivity contribution in [1.82, 2.24) is 9.79 Å². The van der Waals surface area contributed by atoms with Gasteiger partial charge < -0.3 is 0 Å². The van der Waals surface area contributed by atoms with Crippen LogP contribution in [0.25, 0.3) is 6.08 Å². The molecular weight excluding hydrogens is 484 g/mol. The second-order valence-electron chi connectivity index (χ2n) is 11.1. The van der Waals surface area contributed by atoms with E-state index in [0.29, 0.717) is 12.3 Å². The molecule has 0 aromatic heterocycles. The number of benzene rings is 2. The first-order chi connectivity index (χ1) is 17.7. The predicted octanol–water partition coefficient (Wildman–Crippen LogP) is 5.10. The van der Waals surface area contributed by atoms with Crippen LogP contribution in [0.5, 0.6) is 0 Å². The van der Waals surface area contributed by atoms with Crippen LogP contribution in [0.2, 0.25) is 0 Å². The number of rotatable bonds is 9. The molecule has 2 aliphatic carbocycles. The van der Waals surface area contributed by atoms with Crippen LogP contribution in [0.3, 0.4) is 0 Å². The zero-order chi connectivity index (χ0) is 26.1. The van der Waals surface area contributed by atoms with E-state index >= 15 is 0 Å². The summed E-state index contributed by atoms with van der Waals surface area (Å²) in [6.45, 7) is 4.65. The molecule has 5 rings (SSSR count). The first kappa shape index (κ1) is 25.9. The number of hydroxylamine groups is 1. The third-order valence-electron chi connectivity index (χ3n) is 8.94. The lowest BCUT2D eigenvalue weighted by molar-refractivity contribution is -0.136. The maximum atomic E-state index is 13.9. The third-order valence-corrected chi connectivity index (χ3v) is 10.9. The Balaban J connectivity index is 1.33. The van der Waals surface area contributed by atoms with Crippen molar-refractivity contribution >= 4 is 22.0 Å². The van der Waals surface area contributed by atoms with Gasteiger partial charge in [0.2, 0.25) is 10.0 Å². The van der Waals surface area contributed by atoms with E-state index < -0.39 is 22.0 Å². The van der Waals surface area contributed by atoms with Crippen molar-refractivity contribution in [2.45, 2.75) is 58.2 Å². The average molecular weight is 521 g/mol. The summed E-state index contributed by atoms with van der Waals surface area (Å²) in [5.74, 6) is 0.0923. The number of sulfonamides is 1. The number of amides is 1. The second kappa shape index (κ2) is 10.2. The molecule has 1 saturated heterocycles. The highest BCUT2D eigenvalue weighted by molar-refractivity contribution is 7.90. The lowest BCUT2D eigenvalue weighted by Crippen LogP contribution is -2.51. The lowest BCUT2D eigenvalue weighted by Gasteiger charge is -2.37. The highest BCUT2D eigenvalue weighted by Gasteiger charge is 2.72. The van der Waals surface area contributed by atoms with Gasteiger partial charge in [0.1, 0.15) is 6.04 Å². The molecule has 1 spiro atoms. The molecule has 1 heterocycles. The minimum atomic E-state index is -3.70. The van der Waals surface area contributed by atoms with Gasteiger partial charge in [-0.25, -0.2) is 12.7 Å². The first-order valence-electron chi connectivity index (χ1n) is 13.1. The van der Waals surface area contributed by atoms with Gasteiger partial charge in [0.15, 0.2) is 0 Å². The molecular formula is C30H36N2O4S. The molecule has 2 aromatic carbocycles. The fraction of sp³-hybridized carbons (Fsp3) is 0.433. The van der Waals surface area contributed by atoms with Crippen molar-refractivity contribution in [2.75, 3.05) is 5.75 Å². The van der Waals surface area contributed by atoms with Crippen LogP contribution in [0, 0.1) is 16.7 Å². The Morgan fingerprint density at radius 2 is 1.81 bits per heavy atom. The summed E-state index contributed by atoms with van der Waals surface area (Å²) in [4.78, 5) is 19.6. The molecule has 3 fully saturated rings. The molecule has 37 heavy (non-hydrogen) atoms. The molecule has 2 bridgehead atoms. The number of carbonyl (C=O) groups excluding carboxylic acids is 1. The quantitative estimate of drug-likeness (QED) is 0.368. The molecule has 4 atom stereocenters. The molecule has 3 aliphatic rings. The third kappa shape index (κ3) is 4.80. The van der Waals surface area contributed by atoms with Gasteiger partial charge in [-0.15, -0.1) is 0 Å². The first-order valence-corrected chi connectivity index (χ1v) is 14.7. The van der Waals surface area contributed by atoms with Gasteiger partial charge in [-0.1, -0.05) is 98.8 Å². The van der Waals surface area contributed by atoms with E-state index in [4.69, 9.17) is 4.84 Å². The summed E-state index contributed by atoms with van der Waals surface area (Å²) in [5.41, 5.74) is 4.51. The Bertz CT molecular complexity index is 1270. The van der Waals surface area contributed by atoms with Gasteiger partial charge in [0.25, 0.3) is 5.91 Å². The van der Waals surface area contributed by atoms with Crippen molar-refractivity contribution in [2.24, 2.45) is 16.7 Å². The maximum Gasteiger partial charge on any atom is 0.256 e. The molecule has 0 radical (unpaired) electrons. The van der Waals surface area contributed by atoms with Gasteiger partial charge in [-0.3, -0.25) is 9.63 Å².